The van der Waals surface area contributed by atoms with Gasteiger partial charge in [-0.05, 0) is 30.4 Å². The van der Waals surface area contributed by atoms with Gasteiger partial charge in [0, 0.05) is 39.1 Å². The van der Waals surface area contributed by atoms with Crippen molar-refractivity contribution in [2.75, 3.05) is 19.6 Å². The van der Waals surface area contributed by atoms with Crippen LogP contribution in [0.25, 0.3) is 0 Å². The quantitative estimate of drug-likeness (QED) is 0.850. The molecule has 0 saturated carbocycles. The van der Waals surface area contributed by atoms with Crippen molar-refractivity contribution < 1.29 is 9.90 Å². The topological polar surface area (TPSA) is 43.8 Å². The van der Waals surface area contributed by atoms with Gasteiger partial charge in [0.15, 0.2) is 0 Å². The van der Waals surface area contributed by atoms with E-state index in [9.17, 15) is 9.90 Å². The van der Waals surface area contributed by atoms with Crippen LogP contribution in [0.5, 0.6) is 0 Å². The van der Waals surface area contributed by atoms with Crippen molar-refractivity contribution in [3.8, 4) is 0 Å². The lowest BCUT2D eigenvalue weighted by atomic mass is 9.96. The lowest BCUT2D eigenvalue weighted by Crippen LogP contribution is -2.46. The van der Waals surface area contributed by atoms with E-state index in [0.29, 0.717) is 13.0 Å². The van der Waals surface area contributed by atoms with E-state index < -0.39 is 0 Å². The van der Waals surface area contributed by atoms with E-state index >= 15 is 0 Å². The molecular weight excluding hydrogens is 264 g/mol. The minimum atomic E-state index is -0.334. The monoisotopic (exact) mass is 288 g/mol. The summed E-state index contributed by atoms with van der Waals surface area (Å²) in [6.07, 6.45) is 2.26. The maximum Gasteiger partial charge on any atom is 0.219 e. The van der Waals surface area contributed by atoms with Gasteiger partial charge in [0.2, 0.25) is 5.91 Å². The predicted octanol–water partition coefficient (Wildman–Crippen LogP) is 1.42. The molecule has 21 heavy (non-hydrogen) atoms. The zero-order chi connectivity index (χ0) is 14.8. The fourth-order valence-corrected chi connectivity index (χ4v) is 3.61. The third-order valence-corrected chi connectivity index (χ3v) is 4.91. The number of carbonyl (C=O) groups excluding carboxylic acids is 1. The van der Waals surface area contributed by atoms with E-state index in [4.69, 9.17) is 0 Å². The molecule has 2 aliphatic heterocycles. The fraction of sp³-hybridized carbons (Fsp3) is 0.588. The van der Waals surface area contributed by atoms with Gasteiger partial charge < -0.3 is 10.0 Å². The Labute approximate surface area is 126 Å². The molecule has 1 fully saturated rings. The number of rotatable bonds is 1. The van der Waals surface area contributed by atoms with Gasteiger partial charge in [0.1, 0.15) is 0 Å². The first-order valence-corrected chi connectivity index (χ1v) is 7.89. The Balaban J connectivity index is 1.70. The first-order valence-electron chi connectivity index (χ1n) is 7.89. The summed E-state index contributed by atoms with van der Waals surface area (Å²) >= 11 is 0. The third kappa shape index (κ3) is 3.11. The number of likely N-dealkylation sites (tertiary alicyclic amines) is 1. The summed E-state index contributed by atoms with van der Waals surface area (Å²) in [5.41, 5.74) is 2.81. The molecule has 4 heteroatoms. The van der Waals surface area contributed by atoms with Gasteiger partial charge in [-0.15, -0.1) is 0 Å². The molecule has 0 bridgehead atoms. The number of amides is 1. The summed E-state index contributed by atoms with van der Waals surface area (Å²) in [6, 6.07) is 8.74. The zero-order valence-corrected chi connectivity index (χ0v) is 12.7. The van der Waals surface area contributed by atoms with E-state index in [1.54, 1.807) is 6.92 Å². The molecule has 1 N–H and O–H groups in total. The molecule has 2 heterocycles. The lowest BCUT2D eigenvalue weighted by molar-refractivity contribution is -0.128. The van der Waals surface area contributed by atoms with Gasteiger partial charge in [-0.25, -0.2) is 0 Å². The summed E-state index contributed by atoms with van der Waals surface area (Å²) < 4.78 is 0. The maximum absolute atomic E-state index is 11.5. The molecule has 3 rings (SSSR count). The number of hydrogen-bond acceptors (Lipinski definition) is 3. The van der Waals surface area contributed by atoms with Crippen molar-refractivity contribution in [1.82, 2.24) is 9.80 Å². The molecule has 4 nitrogen and oxygen atoms in total. The molecule has 2 atom stereocenters. The van der Waals surface area contributed by atoms with E-state index in [1.165, 1.54) is 11.1 Å². The van der Waals surface area contributed by atoms with Gasteiger partial charge in [-0.3, -0.25) is 9.69 Å². The molecule has 0 radical (unpaired) electrons. The summed E-state index contributed by atoms with van der Waals surface area (Å²) in [7, 11) is 0. The summed E-state index contributed by atoms with van der Waals surface area (Å²) in [5.74, 6) is 0.117. The zero-order valence-electron chi connectivity index (χ0n) is 12.7. The first kappa shape index (κ1) is 14.5. The van der Waals surface area contributed by atoms with Crippen molar-refractivity contribution in [1.29, 1.82) is 0 Å². The normalized spacial score (nSPS) is 27.0. The first-order chi connectivity index (χ1) is 10.1. The predicted molar refractivity (Wildman–Crippen MR) is 81.8 cm³/mol. The van der Waals surface area contributed by atoms with Crippen LogP contribution in [0.15, 0.2) is 24.3 Å². The van der Waals surface area contributed by atoms with Crippen LogP contribution in [0.3, 0.4) is 0 Å². The lowest BCUT2D eigenvalue weighted by Gasteiger charge is -2.37. The van der Waals surface area contributed by atoms with Crippen molar-refractivity contribution >= 4 is 5.91 Å². The molecule has 0 spiro atoms. The van der Waals surface area contributed by atoms with Crippen molar-refractivity contribution in [3.05, 3.63) is 35.4 Å². The Bertz CT molecular complexity index is 517. The Hall–Kier alpha value is -1.39. The average molecular weight is 288 g/mol. The van der Waals surface area contributed by atoms with Crippen LogP contribution < -0.4 is 0 Å². The summed E-state index contributed by atoms with van der Waals surface area (Å²) in [4.78, 5) is 15.8. The molecule has 0 aromatic heterocycles. The number of benzene rings is 1. The number of hydrogen-bond donors (Lipinski definition) is 1. The number of fused-ring (bicyclic) bond motifs is 1. The highest BCUT2D eigenvalue weighted by molar-refractivity contribution is 5.73. The second-order valence-corrected chi connectivity index (χ2v) is 6.21. The molecule has 1 aromatic rings. The molecule has 0 unspecified atom stereocenters. The Morgan fingerprint density at radius 3 is 2.62 bits per heavy atom. The van der Waals surface area contributed by atoms with Crippen molar-refractivity contribution in [3.63, 3.8) is 0 Å². The van der Waals surface area contributed by atoms with E-state index in [0.717, 1.165) is 32.5 Å². The van der Waals surface area contributed by atoms with Crippen LogP contribution in [0.2, 0.25) is 0 Å². The smallest absolute Gasteiger partial charge is 0.219 e. The van der Waals surface area contributed by atoms with Crippen LogP contribution in [-0.2, 0) is 17.8 Å². The highest BCUT2D eigenvalue weighted by atomic mass is 16.3. The van der Waals surface area contributed by atoms with E-state index in [-0.39, 0.29) is 18.1 Å². The third-order valence-electron chi connectivity index (χ3n) is 4.91. The standard InChI is InChI=1S/C17H24N2O2/c1-13(20)18-10-7-16(17(21)8-11-18)19-9-6-14-4-2-3-5-15(14)12-19/h2-5,16-17,21H,6-12H2,1H3/t16-,17-/m0/s1. The van der Waals surface area contributed by atoms with Crippen LogP contribution in [-0.4, -0.2) is 52.6 Å². The summed E-state index contributed by atoms with van der Waals surface area (Å²) in [5, 5.41) is 10.5. The van der Waals surface area contributed by atoms with Gasteiger partial charge in [0.25, 0.3) is 0 Å². The highest BCUT2D eigenvalue weighted by Crippen LogP contribution is 2.25. The number of aliphatic hydroxyl groups is 1. The van der Waals surface area contributed by atoms with Crippen LogP contribution >= 0.6 is 0 Å². The molecule has 1 saturated heterocycles. The fourth-order valence-electron chi connectivity index (χ4n) is 3.61. The molecule has 0 aliphatic carbocycles. The highest BCUT2D eigenvalue weighted by Gasteiger charge is 2.31. The van der Waals surface area contributed by atoms with Gasteiger partial charge >= 0.3 is 0 Å². The number of carbonyl (C=O) groups is 1. The molecular formula is C17H24N2O2. The van der Waals surface area contributed by atoms with Crippen molar-refractivity contribution in [2.24, 2.45) is 0 Å². The number of nitrogens with zero attached hydrogens (tertiary/aromatic N) is 2. The Morgan fingerprint density at radius 1 is 1.14 bits per heavy atom. The van der Waals surface area contributed by atoms with E-state index in [2.05, 4.69) is 29.2 Å². The molecule has 114 valence electrons. The minimum Gasteiger partial charge on any atom is -0.391 e. The van der Waals surface area contributed by atoms with Crippen molar-refractivity contribution in [2.45, 2.75) is 44.9 Å². The maximum atomic E-state index is 11.5. The van der Waals surface area contributed by atoms with E-state index in [1.807, 2.05) is 4.90 Å². The van der Waals surface area contributed by atoms with Gasteiger partial charge in [-0.2, -0.15) is 0 Å². The average Bonchev–Trinajstić information content (AvgIpc) is 2.69. The minimum absolute atomic E-state index is 0.117. The SMILES string of the molecule is CC(=O)N1CC[C@H](O)[C@@H](N2CCc3ccccc3C2)CC1. The second-order valence-electron chi connectivity index (χ2n) is 6.21. The van der Waals surface area contributed by atoms with Crippen LogP contribution in [0.4, 0.5) is 0 Å². The largest absolute Gasteiger partial charge is 0.391 e. The van der Waals surface area contributed by atoms with Gasteiger partial charge in [-0.1, -0.05) is 24.3 Å². The Morgan fingerprint density at radius 2 is 1.86 bits per heavy atom. The van der Waals surface area contributed by atoms with Gasteiger partial charge in [0.05, 0.1) is 6.10 Å². The molecule has 1 amide bonds. The molecule has 2 aliphatic rings. The molecule has 1 aromatic carbocycles. The number of aliphatic hydroxyl groups excluding tert-OH is 1. The van der Waals surface area contributed by atoms with Crippen LogP contribution in [0, 0.1) is 0 Å². The second kappa shape index (κ2) is 6.16. The summed E-state index contributed by atoms with van der Waals surface area (Å²) in [6.45, 7) is 4.97. The Kier molecular flexibility index (Phi) is 4.27. The van der Waals surface area contributed by atoms with Crippen LogP contribution in [0.1, 0.15) is 30.9 Å².